The molecule has 1 amide bonds. The van der Waals surface area contributed by atoms with Crippen molar-refractivity contribution in [1.82, 2.24) is 25.1 Å². The van der Waals surface area contributed by atoms with Gasteiger partial charge in [-0.25, -0.2) is 9.97 Å². The first-order chi connectivity index (χ1) is 8.15. The smallest absolute Gasteiger partial charge is 0.251 e. The van der Waals surface area contributed by atoms with Crippen LogP contribution < -0.4 is 11.1 Å². The summed E-state index contributed by atoms with van der Waals surface area (Å²) >= 11 is 0. The van der Waals surface area contributed by atoms with Gasteiger partial charge in [-0.1, -0.05) is 0 Å². The van der Waals surface area contributed by atoms with E-state index in [0.717, 1.165) is 0 Å². The second-order valence-electron chi connectivity index (χ2n) is 3.49. The maximum absolute atomic E-state index is 11.7. The van der Waals surface area contributed by atoms with Crippen molar-refractivity contribution < 1.29 is 4.79 Å². The van der Waals surface area contributed by atoms with E-state index in [4.69, 9.17) is 5.73 Å². The number of rotatable bonds is 3. The molecule has 0 radical (unpaired) electrons. The van der Waals surface area contributed by atoms with Crippen molar-refractivity contribution in [2.24, 2.45) is 7.05 Å². The molecule has 3 N–H and O–H groups in total. The molecule has 0 spiro atoms. The van der Waals surface area contributed by atoms with Gasteiger partial charge in [-0.3, -0.25) is 9.48 Å². The number of carbonyl (C=O) groups is 1. The minimum Gasteiger partial charge on any atom is -0.384 e. The summed E-state index contributed by atoms with van der Waals surface area (Å²) in [7, 11) is 1.77. The summed E-state index contributed by atoms with van der Waals surface area (Å²) in [4.78, 5) is 19.5. The average Bonchev–Trinajstić information content (AvgIpc) is 2.72. The lowest BCUT2D eigenvalue weighted by Gasteiger charge is -2.02. The summed E-state index contributed by atoms with van der Waals surface area (Å²) in [6, 6.07) is 3.11. The molecule has 0 unspecified atom stereocenters. The fourth-order valence-corrected chi connectivity index (χ4v) is 1.32. The Kier molecular flexibility index (Phi) is 2.99. The number of aryl methyl sites for hydroxylation is 1. The van der Waals surface area contributed by atoms with Gasteiger partial charge in [0.1, 0.15) is 12.1 Å². The molecule has 0 aromatic carbocycles. The maximum atomic E-state index is 11.7. The monoisotopic (exact) mass is 232 g/mol. The van der Waals surface area contributed by atoms with Gasteiger partial charge in [0.2, 0.25) is 0 Å². The van der Waals surface area contributed by atoms with Crippen LogP contribution in [-0.4, -0.2) is 25.7 Å². The highest BCUT2D eigenvalue weighted by molar-refractivity contribution is 5.94. The molecule has 0 aliphatic heterocycles. The number of hydrogen-bond acceptors (Lipinski definition) is 5. The number of nitrogens with two attached hydrogens (primary N) is 1. The zero-order chi connectivity index (χ0) is 12.3. The molecule has 0 saturated heterocycles. The first-order valence-corrected chi connectivity index (χ1v) is 4.99. The Morgan fingerprint density at radius 1 is 1.53 bits per heavy atom. The minimum absolute atomic E-state index is 0.230. The summed E-state index contributed by atoms with van der Waals surface area (Å²) in [5.41, 5.74) is 5.95. The van der Waals surface area contributed by atoms with Crippen molar-refractivity contribution in [3.8, 4) is 0 Å². The van der Waals surface area contributed by atoms with E-state index in [2.05, 4.69) is 20.4 Å². The number of hydrogen-bond donors (Lipinski definition) is 2. The standard InChI is InChI=1S/C10H12N6O/c1-16-6-14-9(15-16)5-13-10(17)7-2-3-12-8(11)4-7/h2-4,6H,5H2,1H3,(H2,11,12)(H,13,17). The van der Waals surface area contributed by atoms with Crippen molar-refractivity contribution in [2.45, 2.75) is 6.54 Å². The van der Waals surface area contributed by atoms with E-state index in [0.29, 0.717) is 17.2 Å². The summed E-state index contributed by atoms with van der Waals surface area (Å²) in [5, 5.41) is 6.74. The molecular formula is C10H12N6O. The molecule has 2 rings (SSSR count). The van der Waals surface area contributed by atoms with Gasteiger partial charge in [-0.2, -0.15) is 5.10 Å². The Hall–Kier alpha value is -2.44. The fourth-order valence-electron chi connectivity index (χ4n) is 1.32. The molecule has 88 valence electrons. The summed E-state index contributed by atoms with van der Waals surface area (Å²) in [5.74, 6) is 0.642. The number of amides is 1. The summed E-state index contributed by atoms with van der Waals surface area (Å²) < 4.78 is 1.58. The molecule has 0 aliphatic rings. The maximum Gasteiger partial charge on any atom is 0.251 e. The van der Waals surface area contributed by atoms with Crippen LogP contribution in [0.5, 0.6) is 0 Å². The van der Waals surface area contributed by atoms with Crippen LogP contribution in [0.25, 0.3) is 0 Å². The highest BCUT2D eigenvalue weighted by Crippen LogP contribution is 2.02. The SMILES string of the molecule is Cn1cnc(CNC(=O)c2ccnc(N)c2)n1. The van der Waals surface area contributed by atoms with Crippen LogP contribution in [0.1, 0.15) is 16.2 Å². The molecule has 0 bridgehead atoms. The van der Waals surface area contributed by atoms with E-state index >= 15 is 0 Å². The molecule has 0 fully saturated rings. The predicted octanol–water partition coefficient (Wildman–Crippen LogP) is -0.278. The summed E-state index contributed by atoms with van der Waals surface area (Å²) in [6.45, 7) is 0.280. The van der Waals surface area contributed by atoms with Crippen LogP contribution >= 0.6 is 0 Å². The Morgan fingerprint density at radius 3 is 3.00 bits per heavy atom. The van der Waals surface area contributed by atoms with Gasteiger partial charge >= 0.3 is 0 Å². The lowest BCUT2D eigenvalue weighted by molar-refractivity contribution is 0.0950. The van der Waals surface area contributed by atoms with Crippen LogP contribution in [0.2, 0.25) is 0 Å². The van der Waals surface area contributed by atoms with Crippen LogP contribution in [0, 0.1) is 0 Å². The van der Waals surface area contributed by atoms with E-state index in [1.165, 1.54) is 12.3 Å². The minimum atomic E-state index is -0.230. The van der Waals surface area contributed by atoms with E-state index in [9.17, 15) is 4.79 Å². The number of carbonyl (C=O) groups excluding carboxylic acids is 1. The van der Waals surface area contributed by atoms with E-state index < -0.39 is 0 Å². The van der Waals surface area contributed by atoms with Crippen LogP contribution in [-0.2, 0) is 13.6 Å². The zero-order valence-corrected chi connectivity index (χ0v) is 9.29. The number of nitrogens with zero attached hydrogens (tertiary/aromatic N) is 4. The van der Waals surface area contributed by atoms with Crippen molar-refractivity contribution in [1.29, 1.82) is 0 Å². The molecule has 0 atom stereocenters. The first-order valence-electron chi connectivity index (χ1n) is 4.99. The zero-order valence-electron chi connectivity index (χ0n) is 9.29. The molecule has 2 aromatic rings. The van der Waals surface area contributed by atoms with E-state index in [1.54, 1.807) is 24.1 Å². The lowest BCUT2D eigenvalue weighted by Crippen LogP contribution is -2.23. The highest BCUT2D eigenvalue weighted by Gasteiger charge is 2.07. The molecule has 0 saturated carbocycles. The molecule has 7 nitrogen and oxygen atoms in total. The number of pyridine rings is 1. The topological polar surface area (TPSA) is 98.7 Å². The Balaban J connectivity index is 1.98. The number of nitrogens with one attached hydrogen (secondary N) is 1. The molecule has 7 heteroatoms. The van der Waals surface area contributed by atoms with E-state index in [-0.39, 0.29) is 12.5 Å². The third-order valence-electron chi connectivity index (χ3n) is 2.10. The van der Waals surface area contributed by atoms with E-state index in [1.807, 2.05) is 0 Å². The van der Waals surface area contributed by atoms with Gasteiger partial charge in [0.15, 0.2) is 5.82 Å². The quantitative estimate of drug-likeness (QED) is 0.758. The van der Waals surface area contributed by atoms with Crippen molar-refractivity contribution >= 4 is 11.7 Å². The molecule has 2 aromatic heterocycles. The van der Waals surface area contributed by atoms with Crippen LogP contribution in [0.4, 0.5) is 5.82 Å². The van der Waals surface area contributed by atoms with Gasteiger partial charge in [0.25, 0.3) is 5.91 Å². The highest BCUT2D eigenvalue weighted by atomic mass is 16.1. The predicted molar refractivity (Wildman–Crippen MR) is 60.8 cm³/mol. The average molecular weight is 232 g/mol. The number of anilines is 1. The van der Waals surface area contributed by atoms with Crippen LogP contribution in [0.15, 0.2) is 24.7 Å². The third-order valence-corrected chi connectivity index (χ3v) is 2.10. The first kappa shape index (κ1) is 11.1. The Morgan fingerprint density at radius 2 is 2.35 bits per heavy atom. The molecule has 0 aliphatic carbocycles. The number of aromatic nitrogens is 4. The molecule has 17 heavy (non-hydrogen) atoms. The molecular weight excluding hydrogens is 220 g/mol. The second-order valence-corrected chi connectivity index (χ2v) is 3.49. The fraction of sp³-hybridized carbons (Fsp3) is 0.200. The number of nitrogen functional groups attached to an aromatic ring is 1. The normalized spacial score (nSPS) is 10.2. The van der Waals surface area contributed by atoms with Gasteiger partial charge in [-0.15, -0.1) is 0 Å². The van der Waals surface area contributed by atoms with Crippen molar-refractivity contribution in [3.63, 3.8) is 0 Å². The Bertz CT molecular complexity index is 535. The second kappa shape index (κ2) is 4.60. The van der Waals surface area contributed by atoms with Gasteiger partial charge in [-0.05, 0) is 12.1 Å². The van der Waals surface area contributed by atoms with Gasteiger partial charge in [0.05, 0.1) is 6.54 Å². The summed E-state index contributed by atoms with van der Waals surface area (Å²) in [6.07, 6.45) is 3.06. The largest absolute Gasteiger partial charge is 0.384 e. The van der Waals surface area contributed by atoms with Gasteiger partial charge in [0, 0.05) is 18.8 Å². The third kappa shape index (κ3) is 2.77. The lowest BCUT2D eigenvalue weighted by atomic mass is 10.2. The van der Waals surface area contributed by atoms with Crippen molar-refractivity contribution in [3.05, 3.63) is 36.0 Å². The van der Waals surface area contributed by atoms with Crippen molar-refractivity contribution in [2.75, 3.05) is 5.73 Å². The van der Waals surface area contributed by atoms with Crippen LogP contribution in [0.3, 0.4) is 0 Å². The molecule has 2 heterocycles. The Labute approximate surface area is 97.7 Å². The van der Waals surface area contributed by atoms with Gasteiger partial charge < -0.3 is 11.1 Å².